The van der Waals surface area contributed by atoms with Gasteiger partial charge >= 0.3 is 0 Å². The fourth-order valence-corrected chi connectivity index (χ4v) is 6.41. The Morgan fingerprint density at radius 1 is 1.05 bits per heavy atom. The van der Waals surface area contributed by atoms with E-state index >= 15 is 0 Å². The Bertz CT molecular complexity index is 418. The smallest absolute Gasteiger partial charge is 0.154 e. The molecule has 0 amide bonds. The van der Waals surface area contributed by atoms with Crippen molar-refractivity contribution in [2.75, 3.05) is 5.75 Å². The first-order chi connectivity index (χ1) is 9.20. The Kier molecular flexibility index (Phi) is 4.85. The number of hydrogen-bond donors (Lipinski definition) is 1. The summed E-state index contributed by atoms with van der Waals surface area (Å²) in [7, 11) is -3.03. The van der Waals surface area contributed by atoms with Gasteiger partial charge in [-0.25, -0.2) is 8.42 Å². The van der Waals surface area contributed by atoms with Gasteiger partial charge in [-0.05, 0) is 49.4 Å². The van der Waals surface area contributed by atoms with Gasteiger partial charge in [0.15, 0.2) is 9.84 Å². The molecule has 2 N–H and O–H groups in total. The van der Waals surface area contributed by atoms with Crippen LogP contribution in [0.25, 0.3) is 0 Å². The van der Waals surface area contributed by atoms with Gasteiger partial charge in [-0.1, -0.05) is 33.6 Å². The fraction of sp³-hybridized carbons (Fsp3) is 1.00. The molecule has 0 heterocycles. The molecule has 4 heteroatoms. The van der Waals surface area contributed by atoms with Gasteiger partial charge in [0, 0.05) is 6.04 Å². The van der Waals surface area contributed by atoms with E-state index in [9.17, 15) is 8.42 Å². The van der Waals surface area contributed by atoms with Crippen molar-refractivity contribution in [1.29, 1.82) is 0 Å². The number of sulfone groups is 1. The molecule has 3 nitrogen and oxygen atoms in total. The normalized spacial score (nSPS) is 33.5. The number of hydrogen-bond acceptors (Lipinski definition) is 3. The zero-order valence-electron chi connectivity index (χ0n) is 13.3. The first-order valence-electron chi connectivity index (χ1n) is 8.17. The highest BCUT2D eigenvalue weighted by atomic mass is 32.2. The predicted molar refractivity (Wildman–Crippen MR) is 84.3 cm³/mol. The molecule has 0 aromatic carbocycles. The molecular formula is C16H31NO2S. The minimum Gasteiger partial charge on any atom is -0.327 e. The molecule has 0 spiro atoms. The van der Waals surface area contributed by atoms with Crippen LogP contribution in [0.15, 0.2) is 0 Å². The maximum absolute atomic E-state index is 12.7. The van der Waals surface area contributed by atoms with Gasteiger partial charge in [-0.15, -0.1) is 0 Å². The molecule has 20 heavy (non-hydrogen) atoms. The molecule has 0 aromatic heterocycles. The third kappa shape index (κ3) is 3.76. The van der Waals surface area contributed by atoms with Crippen LogP contribution in [0.1, 0.15) is 65.7 Å². The van der Waals surface area contributed by atoms with Gasteiger partial charge in [0.05, 0.1) is 11.0 Å². The van der Waals surface area contributed by atoms with E-state index in [4.69, 9.17) is 5.73 Å². The van der Waals surface area contributed by atoms with E-state index in [1.165, 1.54) is 12.8 Å². The first kappa shape index (κ1) is 16.3. The van der Waals surface area contributed by atoms with Gasteiger partial charge < -0.3 is 5.73 Å². The van der Waals surface area contributed by atoms with E-state index < -0.39 is 9.84 Å². The quantitative estimate of drug-likeness (QED) is 0.871. The molecule has 2 aliphatic rings. The lowest BCUT2D eigenvalue weighted by atomic mass is 9.71. The summed E-state index contributed by atoms with van der Waals surface area (Å²) in [6, 6.07) is -0.153. The van der Waals surface area contributed by atoms with Gasteiger partial charge in [-0.2, -0.15) is 0 Å². The third-order valence-electron chi connectivity index (χ3n) is 5.47. The SMILES string of the molecule is CC(C)(C)C1CCC(N)C(S(=O)(=O)CC2CCCC2)C1. The van der Waals surface area contributed by atoms with Crippen LogP contribution in [-0.4, -0.2) is 25.5 Å². The molecule has 2 saturated carbocycles. The lowest BCUT2D eigenvalue weighted by Gasteiger charge is -2.40. The molecule has 2 aliphatic carbocycles. The van der Waals surface area contributed by atoms with Crippen LogP contribution in [0.3, 0.4) is 0 Å². The van der Waals surface area contributed by atoms with Crippen molar-refractivity contribution in [2.24, 2.45) is 23.0 Å². The molecule has 2 rings (SSSR count). The average molecular weight is 301 g/mol. The Morgan fingerprint density at radius 3 is 2.20 bits per heavy atom. The zero-order chi connectivity index (χ0) is 15.0. The number of rotatable bonds is 3. The summed E-state index contributed by atoms with van der Waals surface area (Å²) in [6.07, 6.45) is 7.26. The van der Waals surface area contributed by atoms with Gasteiger partial charge in [0.2, 0.25) is 0 Å². The van der Waals surface area contributed by atoms with Crippen molar-refractivity contribution >= 4 is 9.84 Å². The molecular weight excluding hydrogens is 270 g/mol. The predicted octanol–water partition coefficient (Wildman–Crippen LogP) is 3.13. The summed E-state index contributed by atoms with van der Waals surface area (Å²) in [6.45, 7) is 6.65. The highest BCUT2D eigenvalue weighted by Gasteiger charge is 2.41. The molecule has 0 radical (unpaired) electrons. The van der Waals surface area contributed by atoms with Crippen molar-refractivity contribution in [3.8, 4) is 0 Å². The lowest BCUT2D eigenvalue weighted by molar-refractivity contribution is 0.171. The van der Waals surface area contributed by atoms with E-state index in [1.54, 1.807) is 0 Å². The lowest BCUT2D eigenvalue weighted by Crippen LogP contribution is -2.48. The van der Waals surface area contributed by atoms with Crippen molar-refractivity contribution in [3.63, 3.8) is 0 Å². The van der Waals surface area contributed by atoms with Gasteiger partial charge in [0.1, 0.15) is 0 Å². The maximum atomic E-state index is 12.7. The highest BCUT2D eigenvalue weighted by molar-refractivity contribution is 7.92. The Labute approximate surface area is 124 Å². The summed E-state index contributed by atoms with van der Waals surface area (Å²) >= 11 is 0. The Hall–Kier alpha value is -0.0900. The highest BCUT2D eigenvalue weighted by Crippen LogP contribution is 2.40. The van der Waals surface area contributed by atoms with Crippen LogP contribution in [-0.2, 0) is 9.84 Å². The molecule has 0 aromatic rings. The first-order valence-corrected chi connectivity index (χ1v) is 9.89. The second kappa shape index (κ2) is 5.96. The van der Waals surface area contributed by atoms with Crippen LogP contribution in [0.2, 0.25) is 0 Å². The molecule has 0 bridgehead atoms. The van der Waals surface area contributed by atoms with Crippen LogP contribution in [0.5, 0.6) is 0 Å². The Morgan fingerprint density at radius 2 is 1.65 bits per heavy atom. The molecule has 0 saturated heterocycles. The standard InChI is InChI=1S/C16H31NO2S/c1-16(2,3)13-8-9-14(17)15(10-13)20(18,19)11-12-6-4-5-7-12/h12-15H,4-11,17H2,1-3H3. The Balaban J connectivity index is 2.07. The monoisotopic (exact) mass is 301 g/mol. The summed E-state index contributed by atoms with van der Waals surface area (Å²) < 4.78 is 25.5. The van der Waals surface area contributed by atoms with E-state index in [-0.39, 0.29) is 16.7 Å². The fourth-order valence-electron chi connectivity index (χ4n) is 3.98. The number of nitrogens with two attached hydrogens (primary N) is 1. The second-order valence-electron chi connectivity index (χ2n) is 8.06. The summed E-state index contributed by atoms with van der Waals surface area (Å²) in [5, 5.41) is -0.305. The third-order valence-corrected chi connectivity index (χ3v) is 7.87. The van der Waals surface area contributed by atoms with Crippen molar-refractivity contribution in [1.82, 2.24) is 0 Å². The van der Waals surface area contributed by atoms with Gasteiger partial charge in [0.25, 0.3) is 0 Å². The maximum Gasteiger partial charge on any atom is 0.154 e. The summed E-state index contributed by atoms with van der Waals surface area (Å²) in [4.78, 5) is 0. The molecule has 3 atom stereocenters. The van der Waals surface area contributed by atoms with E-state index in [0.29, 0.717) is 17.6 Å². The molecule has 0 aliphatic heterocycles. The van der Waals surface area contributed by atoms with Gasteiger partial charge in [-0.3, -0.25) is 0 Å². The zero-order valence-corrected chi connectivity index (χ0v) is 14.1. The van der Waals surface area contributed by atoms with Crippen LogP contribution >= 0.6 is 0 Å². The van der Waals surface area contributed by atoms with E-state index in [0.717, 1.165) is 32.1 Å². The van der Waals surface area contributed by atoms with E-state index in [1.807, 2.05) is 0 Å². The minimum atomic E-state index is -3.03. The van der Waals surface area contributed by atoms with E-state index in [2.05, 4.69) is 20.8 Å². The largest absolute Gasteiger partial charge is 0.327 e. The van der Waals surface area contributed by atoms with Crippen molar-refractivity contribution in [3.05, 3.63) is 0 Å². The molecule has 118 valence electrons. The van der Waals surface area contributed by atoms with Crippen molar-refractivity contribution < 1.29 is 8.42 Å². The summed E-state index contributed by atoms with van der Waals surface area (Å²) in [5.74, 6) is 1.25. The molecule has 2 fully saturated rings. The van der Waals surface area contributed by atoms with Crippen LogP contribution < -0.4 is 5.73 Å². The van der Waals surface area contributed by atoms with Crippen LogP contribution in [0.4, 0.5) is 0 Å². The molecule has 3 unspecified atom stereocenters. The second-order valence-corrected chi connectivity index (χ2v) is 10.3. The average Bonchev–Trinajstić information content (AvgIpc) is 2.79. The summed E-state index contributed by atoms with van der Waals surface area (Å²) in [5.41, 5.74) is 6.35. The van der Waals surface area contributed by atoms with Crippen LogP contribution in [0, 0.1) is 17.3 Å². The topological polar surface area (TPSA) is 60.2 Å². The van der Waals surface area contributed by atoms with Crippen molar-refractivity contribution in [2.45, 2.75) is 77.0 Å². The minimum absolute atomic E-state index is 0.153.